The molecule has 0 bridgehead atoms. The number of aliphatic hydroxyl groups is 2. The number of aliphatic hydroxyl groups excluding tert-OH is 2. The summed E-state index contributed by atoms with van der Waals surface area (Å²) >= 11 is 0. The number of rotatable bonds is 10. The van der Waals surface area contributed by atoms with Crippen LogP contribution in [0.15, 0.2) is 206 Å². The summed E-state index contributed by atoms with van der Waals surface area (Å²) in [5.41, 5.74) is 10.5. The summed E-state index contributed by atoms with van der Waals surface area (Å²) < 4.78 is 78.0. The van der Waals surface area contributed by atoms with E-state index in [-0.39, 0.29) is 127 Å². The van der Waals surface area contributed by atoms with E-state index in [1.807, 2.05) is 62.3 Å². The normalized spacial score (nSPS) is 10.1. The summed E-state index contributed by atoms with van der Waals surface area (Å²) in [7, 11) is 3.93. The maximum Gasteiger partial charge on any atom is 0.155 e. The van der Waals surface area contributed by atoms with Gasteiger partial charge in [-0.25, -0.2) is 0 Å². The van der Waals surface area contributed by atoms with Gasteiger partial charge in [0.25, 0.3) is 0 Å². The molecule has 10 rings (SSSR count). The first-order chi connectivity index (χ1) is 38.5. The molecule has 8 nitrogen and oxygen atoms in total. The van der Waals surface area contributed by atoms with Crippen molar-refractivity contribution in [2.75, 3.05) is 19.0 Å². The second-order valence-electron chi connectivity index (χ2n) is 17.8. The number of aromatic nitrogens is 4. The van der Waals surface area contributed by atoms with E-state index in [9.17, 15) is 31.1 Å². The predicted octanol–water partition coefficient (Wildman–Crippen LogP) is 15.1. The molecule has 4 radical (unpaired) electrons. The molecule has 0 saturated carbocycles. The molecule has 0 fully saturated rings. The Morgan fingerprint density at radius 1 is 0.512 bits per heavy atom. The van der Waals surface area contributed by atoms with E-state index in [1.54, 1.807) is 42.9 Å². The molecular formula is C66H53F6Ir4N5O3-4. The van der Waals surface area contributed by atoms with Crippen molar-refractivity contribution in [2.24, 2.45) is 0 Å². The van der Waals surface area contributed by atoms with Gasteiger partial charge in [-0.2, -0.15) is 0 Å². The van der Waals surface area contributed by atoms with Crippen LogP contribution in [0.4, 0.5) is 32.0 Å². The zero-order valence-corrected chi connectivity index (χ0v) is 55.1. The van der Waals surface area contributed by atoms with E-state index in [1.165, 1.54) is 67.6 Å². The summed E-state index contributed by atoms with van der Waals surface area (Å²) in [5.74, 6) is -3.21. The number of anilines is 1. The van der Waals surface area contributed by atoms with Gasteiger partial charge in [0.05, 0.1) is 12.4 Å². The topological polar surface area (TPSA) is 112 Å². The van der Waals surface area contributed by atoms with Gasteiger partial charge >= 0.3 is 0 Å². The largest absolute Gasteiger partial charge is 0.512 e. The number of carbonyl (C=O) groups excluding carboxylic acids is 1. The molecule has 0 amide bonds. The van der Waals surface area contributed by atoms with E-state index in [0.717, 1.165) is 63.6 Å². The third kappa shape index (κ3) is 23.3. The molecule has 10 aromatic rings. The zero-order chi connectivity index (χ0) is 57.6. The fraction of sp³-hybridized carbons (Fsp3) is 0.106. The third-order valence-corrected chi connectivity index (χ3v) is 11.3. The molecule has 0 aliphatic heterocycles. The standard InChI is InChI=1S/C24H17FN.C13H12FN2.C12H8F2NO.C12H8F2N.C5H8O2.4Ir/c25-22-13-11-18(12-14-22)23-17-21(15-16-26-23)24(19-7-3-1-4-8-19)20-9-5-2-6-10-20;1-16(2)12-7-8-15-13(9-12)10-3-5-11(14)6-4-10;13-9-1-2-10(11(14)6-9)12-5-8(7-16)3-4-15-12;1-8-4-5-15-12(6-8)10-3-2-9(13)7-11(10)14;1-4(6)3-5(2)7;;;;/h1-11,13-17,24H;3,5-9H,1-2H3;1,3-6,16H,7H2;2,4-7H,1H3;3,6H,1-2H3;;;;/q4*-1;;;;;. The quantitative estimate of drug-likeness (QED) is 0.0603. The smallest absolute Gasteiger partial charge is 0.155 e. The summed E-state index contributed by atoms with van der Waals surface area (Å²) in [6, 6.07) is 59.0. The van der Waals surface area contributed by atoms with Gasteiger partial charge in [0.15, 0.2) is 5.78 Å². The van der Waals surface area contributed by atoms with Crippen LogP contribution in [0.2, 0.25) is 0 Å². The number of ketones is 1. The second kappa shape index (κ2) is 37.4. The molecule has 442 valence electrons. The van der Waals surface area contributed by atoms with Gasteiger partial charge in [-0.15, -0.1) is 83.9 Å². The van der Waals surface area contributed by atoms with Crippen molar-refractivity contribution >= 4 is 11.5 Å². The van der Waals surface area contributed by atoms with Gasteiger partial charge in [-0.1, -0.05) is 114 Å². The van der Waals surface area contributed by atoms with Gasteiger partial charge in [0.1, 0.15) is 0 Å². The van der Waals surface area contributed by atoms with Crippen LogP contribution in [-0.4, -0.2) is 50.0 Å². The van der Waals surface area contributed by atoms with Gasteiger partial charge < -0.3 is 35.0 Å². The number of benzene rings is 6. The Kier molecular flexibility index (Phi) is 32.6. The molecule has 0 spiro atoms. The van der Waals surface area contributed by atoms with Crippen molar-refractivity contribution in [1.29, 1.82) is 0 Å². The van der Waals surface area contributed by atoms with Gasteiger partial charge in [0.2, 0.25) is 0 Å². The molecule has 0 atom stereocenters. The summed E-state index contributed by atoms with van der Waals surface area (Å²) in [5, 5.41) is 17.3. The maximum atomic E-state index is 13.4. The van der Waals surface area contributed by atoms with Crippen molar-refractivity contribution in [3.8, 4) is 45.0 Å². The van der Waals surface area contributed by atoms with Crippen molar-refractivity contribution in [3.05, 3.63) is 293 Å². The number of hydrogen-bond acceptors (Lipinski definition) is 8. The Balaban J connectivity index is 0.000000371. The fourth-order valence-electron chi connectivity index (χ4n) is 7.58. The van der Waals surface area contributed by atoms with Crippen LogP contribution < -0.4 is 4.90 Å². The van der Waals surface area contributed by atoms with Crippen LogP contribution >= 0.6 is 0 Å². The first-order valence-corrected chi connectivity index (χ1v) is 24.6. The Bertz CT molecular complexity index is 3590. The molecular weight excluding hydrogens is 1790 g/mol. The van der Waals surface area contributed by atoms with Crippen molar-refractivity contribution < 1.29 is 122 Å². The fourth-order valence-corrected chi connectivity index (χ4v) is 7.58. The SMILES string of the molecule is CC(=O)C=C(C)O.CN(C)c1ccnc(-c2[c-]cc(F)cc2)c1.Cc1ccnc(-c2[c-]cc(F)cc2F)c1.Fc1c[c-]c(-c2cc(C(c3ccccc3)c3ccccc3)ccn2)cc1.OCc1ccnc(-c2[c-]cc(F)cc2F)c1.[Ir].[Ir].[Ir].[Ir]. The van der Waals surface area contributed by atoms with Crippen LogP contribution in [0.5, 0.6) is 0 Å². The molecule has 2 N–H and O–H groups in total. The maximum absolute atomic E-state index is 13.4. The predicted molar refractivity (Wildman–Crippen MR) is 300 cm³/mol. The minimum atomic E-state index is -0.720. The Morgan fingerprint density at radius 3 is 1.37 bits per heavy atom. The summed E-state index contributed by atoms with van der Waals surface area (Å²) in [6.07, 6.45) is 7.75. The van der Waals surface area contributed by atoms with Crippen molar-refractivity contribution in [1.82, 2.24) is 19.9 Å². The second-order valence-corrected chi connectivity index (χ2v) is 17.8. The van der Waals surface area contributed by atoms with E-state index in [0.29, 0.717) is 17.0 Å². The van der Waals surface area contributed by atoms with Crippen molar-refractivity contribution in [3.63, 3.8) is 0 Å². The molecule has 4 aromatic heterocycles. The molecule has 18 heteroatoms. The molecule has 0 aliphatic rings. The molecule has 0 saturated heterocycles. The number of pyridine rings is 4. The van der Waals surface area contributed by atoms with Gasteiger partial charge in [0, 0.05) is 172 Å². The monoisotopic (exact) mass is 1850 g/mol. The van der Waals surface area contributed by atoms with Crippen LogP contribution in [0, 0.1) is 66.1 Å². The first kappa shape index (κ1) is 73.2. The first-order valence-electron chi connectivity index (χ1n) is 24.6. The van der Waals surface area contributed by atoms with Gasteiger partial charge in [-0.05, 0) is 90.1 Å². The average Bonchev–Trinajstić information content (AvgIpc) is 3.48. The number of hydrogen-bond donors (Lipinski definition) is 2. The minimum absolute atomic E-state index is 0. The number of nitrogens with zero attached hydrogens (tertiary/aromatic N) is 5. The zero-order valence-electron chi connectivity index (χ0n) is 45.5. The van der Waals surface area contributed by atoms with Crippen LogP contribution in [-0.2, 0) is 91.8 Å². The third-order valence-electron chi connectivity index (χ3n) is 11.3. The number of allylic oxidation sites excluding steroid dienone is 2. The summed E-state index contributed by atoms with van der Waals surface area (Å²) in [4.78, 5) is 28.7. The summed E-state index contributed by atoms with van der Waals surface area (Å²) in [6.45, 7) is 4.58. The molecule has 6 aromatic carbocycles. The molecule has 0 unspecified atom stereocenters. The number of carbonyl (C=O) groups is 1. The van der Waals surface area contributed by atoms with Crippen molar-refractivity contribution in [2.45, 2.75) is 33.3 Å². The van der Waals surface area contributed by atoms with Crippen LogP contribution in [0.3, 0.4) is 0 Å². The molecule has 0 aliphatic carbocycles. The molecule has 84 heavy (non-hydrogen) atoms. The molecule has 4 heterocycles. The Hall–Kier alpha value is -6.93. The van der Waals surface area contributed by atoms with E-state index < -0.39 is 23.3 Å². The number of halogens is 6. The average molecular weight is 1850 g/mol. The minimum Gasteiger partial charge on any atom is -0.512 e. The number of aryl methyl sites for hydroxylation is 1. The van der Waals surface area contributed by atoms with Gasteiger partial charge in [-0.3, -0.25) is 31.1 Å². The van der Waals surface area contributed by atoms with E-state index in [4.69, 9.17) is 10.2 Å². The van der Waals surface area contributed by atoms with E-state index in [2.05, 4.69) is 98.8 Å². The van der Waals surface area contributed by atoms with E-state index >= 15 is 0 Å². The Labute approximate surface area is 539 Å². The Morgan fingerprint density at radius 2 is 0.952 bits per heavy atom. The van der Waals surface area contributed by atoms with Crippen LogP contribution in [0.1, 0.15) is 47.6 Å². The van der Waals surface area contributed by atoms with Crippen LogP contribution in [0.25, 0.3) is 45.0 Å².